The third-order valence-electron chi connectivity index (χ3n) is 3.48. The summed E-state index contributed by atoms with van der Waals surface area (Å²) in [5, 5.41) is 4.12. The summed E-state index contributed by atoms with van der Waals surface area (Å²) < 4.78 is 4.96. The Kier molecular flexibility index (Phi) is 3.99. The number of rotatable bonds is 3. The van der Waals surface area contributed by atoms with Gasteiger partial charge in [-0.3, -0.25) is 4.79 Å². The molecule has 0 aliphatic heterocycles. The van der Waals surface area contributed by atoms with Crippen molar-refractivity contribution in [2.75, 3.05) is 7.11 Å². The van der Waals surface area contributed by atoms with Gasteiger partial charge in [-0.1, -0.05) is 19.3 Å². The van der Waals surface area contributed by atoms with E-state index in [1.165, 1.54) is 26.4 Å². The van der Waals surface area contributed by atoms with Gasteiger partial charge in [0.25, 0.3) is 0 Å². The zero-order valence-electron chi connectivity index (χ0n) is 9.65. The van der Waals surface area contributed by atoms with Crippen LogP contribution in [0.5, 0.6) is 0 Å². The smallest absolute Gasteiger partial charge is 0.313 e. The molecule has 1 heterocycles. The summed E-state index contributed by atoms with van der Waals surface area (Å²) in [6.07, 6.45) is 6.14. The predicted octanol–water partition coefficient (Wildman–Crippen LogP) is 3.59. The lowest BCUT2D eigenvalue weighted by molar-refractivity contribution is -0.144. The molecule has 1 aliphatic carbocycles. The van der Waals surface area contributed by atoms with Crippen LogP contribution in [-0.4, -0.2) is 13.1 Å². The number of esters is 1. The average Bonchev–Trinajstić information content (AvgIpc) is 2.84. The first kappa shape index (κ1) is 11.6. The highest BCUT2D eigenvalue weighted by molar-refractivity contribution is 7.08. The SMILES string of the molecule is COC(=O)C(c1ccsc1)C1CCCCC1. The maximum absolute atomic E-state index is 11.9. The van der Waals surface area contributed by atoms with E-state index >= 15 is 0 Å². The van der Waals surface area contributed by atoms with E-state index in [1.807, 2.05) is 5.38 Å². The molecule has 0 N–H and O–H groups in total. The molecule has 1 unspecified atom stereocenters. The van der Waals surface area contributed by atoms with E-state index in [9.17, 15) is 4.79 Å². The summed E-state index contributed by atoms with van der Waals surface area (Å²) in [6.45, 7) is 0. The van der Waals surface area contributed by atoms with Crippen molar-refractivity contribution in [3.05, 3.63) is 22.4 Å². The molecule has 0 aromatic carbocycles. The second-order valence-electron chi connectivity index (χ2n) is 4.46. The van der Waals surface area contributed by atoms with Crippen molar-refractivity contribution in [3.8, 4) is 0 Å². The van der Waals surface area contributed by atoms with Crippen molar-refractivity contribution in [1.82, 2.24) is 0 Å². The molecule has 16 heavy (non-hydrogen) atoms. The Hall–Kier alpha value is -0.830. The molecule has 2 nitrogen and oxygen atoms in total. The first-order valence-electron chi connectivity index (χ1n) is 5.93. The molecular weight excluding hydrogens is 220 g/mol. The van der Waals surface area contributed by atoms with Crippen LogP contribution in [0.25, 0.3) is 0 Å². The standard InChI is InChI=1S/C13H18O2S/c1-15-13(14)12(11-7-8-16-9-11)10-5-3-2-4-6-10/h7-10,12H,2-6H2,1H3. The molecule has 3 heteroatoms. The quantitative estimate of drug-likeness (QED) is 0.752. The summed E-state index contributed by atoms with van der Waals surface area (Å²) in [7, 11) is 1.49. The number of methoxy groups -OCH3 is 1. The van der Waals surface area contributed by atoms with Crippen LogP contribution in [0, 0.1) is 5.92 Å². The van der Waals surface area contributed by atoms with Crippen LogP contribution in [-0.2, 0) is 9.53 Å². The minimum Gasteiger partial charge on any atom is -0.469 e. The van der Waals surface area contributed by atoms with Crippen LogP contribution in [0.2, 0.25) is 0 Å². The van der Waals surface area contributed by atoms with Gasteiger partial charge < -0.3 is 4.74 Å². The Morgan fingerprint density at radius 2 is 2.19 bits per heavy atom. The molecule has 2 rings (SSSR count). The fraction of sp³-hybridized carbons (Fsp3) is 0.615. The molecule has 1 fully saturated rings. The highest BCUT2D eigenvalue weighted by Crippen LogP contribution is 2.37. The minimum absolute atomic E-state index is 0.0310. The van der Waals surface area contributed by atoms with E-state index in [4.69, 9.17) is 4.74 Å². The molecule has 1 aromatic rings. The molecule has 0 radical (unpaired) electrons. The zero-order chi connectivity index (χ0) is 11.4. The molecule has 1 atom stereocenters. The molecule has 88 valence electrons. The first-order chi connectivity index (χ1) is 7.83. The Balaban J connectivity index is 2.17. The van der Waals surface area contributed by atoms with E-state index < -0.39 is 0 Å². The third kappa shape index (κ3) is 2.46. The number of hydrogen-bond donors (Lipinski definition) is 0. The summed E-state index contributed by atoms with van der Waals surface area (Å²) in [5.74, 6) is 0.387. The molecular formula is C13H18O2S. The van der Waals surface area contributed by atoms with Gasteiger partial charge in [-0.25, -0.2) is 0 Å². The lowest BCUT2D eigenvalue weighted by Crippen LogP contribution is -2.24. The second kappa shape index (κ2) is 5.48. The van der Waals surface area contributed by atoms with E-state index in [1.54, 1.807) is 11.3 Å². The molecule has 1 aromatic heterocycles. The van der Waals surface area contributed by atoms with Crippen LogP contribution in [0.1, 0.15) is 43.6 Å². The Morgan fingerprint density at radius 3 is 2.75 bits per heavy atom. The lowest BCUT2D eigenvalue weighted by atomic mass is 9.77. The third-order valence-corrected chi connectivity index (χ3v) is 4.18. The Bertz CT molecular complexity index is 326. The number of thiophene rings is 1. The predicted molar refractivity (Wildman–Crippen MR) is 65.7 cm³/mol. The zero-order valence-corrected chi connectivity index (χ0v) is 10.5. The van der Waals surface area contributed by atoms with E-state index in [-0.39, 0.29) is 11.9 Å². The number of carbonyl (C=O) groups is 1. The lowest BCUT2D eigenvalue weighted by Gasteiger charge is -2.28. The summed E-state index contributed by atoms with van der Waals surface area (Å²) in [5.41, 5.74) is 1.14. The summed E-state index contributed by atoms with van der Waals surface area (Å²) >= 11 is 1.65. The number of ether oxygens (including phenoxy) is 1. The van der Waals surface area contributed by atoms with E-state index in [0.29, 0.717) is 5.92 Å². The Morgan fingerprint density at radius 1 is 1.44 bits per heavy atom. The fourth-order valence-electron chi connectivity index (χ4n) is 2.65. The number of hydrogen-bond acceptors (Lipinski definition) is 3. The van der Waals surface area contributed by atoms with Gasteiger partial charge in [0.15, 0.2) is 0 Å². The fourth-order valence-corrected chi connectivity index (χ4v) is 3.34. The van der Waals surface area contributed by atoms with Crippen LogP contribution >= 0.6 is 11.3 Å². The normalized spacial score (nSPS) is 19.3. The van der Waals surface area contributed by atoms with Crippen LogP contribution in [0.4, 0.5) is 0 Å². The topological polar surface area (TPSA) is 26.3 Å². The average molecular weight is 238 g/mol. The maximum atomic E-state index is 11.9. The van der Waals surface area contributed by atoms with Crippen molar-refractivity contribution in [2.45, 2.75) is 38.0 Å². The molecule has 0 amide bonds. The van der Waals surface area contributed by atoms with Crippen molar-refractivity contribution in [1.29, 1.82) is 0 Å². The highest BCUT2D eigenvalue weighted by Gasteiger charge is 2.31. The van der Waals surface area contributed by atoms with Gasteiger partial charge in [0.2, 0.25) is 0 Å². The first-order valence-corrected chi connectivity index (χ1v) is 6.87. The van der Waals surface area contributed by atoms with Gasteiger partial charge >= 0.3 is 5.97 Å². The van der Waals surface area contributed by atoms with E-state index in [0.717, 1.165) is 18.4 Å². The molecule has 1 aliphatic rings. The van der Waals surface area contributed by atoms with Crippen molar-refractivity contribution >= 4 is 17.3 Å². The van der Waals surface area contributed by atoms with Crippen LogP contribution < -0.4 is 0 Å². The largest absolute Gasteiger partial charge is 0.469 e. The minimum atomic E-state index is -0.0645. The van der Waals surface area contributed by atoms with Gasteiger partial charge in [-0.2, -0.15) is 11.3 Å². The van der Waals surface area contributed by atoms with Crippen molar-refractivity contribution < 1.29 is 9.53 Å². The maximum Gasteiger partial charge on any atom is 0.313 e. The van der Waals surface area contributed by atoms with Crippen LogP contribution in [0.15, 0.2) is 16.8 Å². The van der Waals surface area contributed by atoms with Crippen LogP contribution in [0.3, 0.4) is 0 Å². The highest BCUT2D eigenvalue weighted by atomic mass is 32.1. The monoisotopic (exact) mass is 238 g/mol. The van der Waals surface area contributed by atoms with Gasteiger partial charge in [0.05, 0.1) is 13.0 Å². The van der Waals surface area contributed by atoms with Gasteiger partial charge in [0.1, 0.15) is 0 Å². The second-order valence-corrected chi connectivity index (χ2v) is 5.24. The molecule has 0 bridgehead atoms. The molecule has 1 saturated carbocycles. The van der Waals surface area contributed by atoms with E-state index in [2.05, 4.69) is 11.4 Å². The Labute approximate surface area is 101 Å². The van der Waals surface area contributed by atoms with Crippen molar-refractivity contribution in [3.63, 3.8) is 0 Å². The molecule has 0 spiro atoms. The van der Waals surface area contributed by atoms with Gasteiger partial charge in [-0.05, 0) is 41.1 Å². The van der Waals surface area contributed by atoms with Gasteiger partial charge in [0, 0.05) is 0 Å². The molecule has 0 saturated heterocycles. The summed E-state index contributed by atoms with van der Waals surface area (Å²) in [4.78, 5) is 11.9. The van der Waals surface area contributed by atoms with Gasteiger partial charge in [-0.15, -0.1) is 0 Å². The van der Waals surface area contributed by atoms with Crippen molar-refractivity contribution in [2.24, 2.45) is 5.92 Å². The number of carbonyl (C=O) groups excluding carboxylic acids is 1. The summed E-state index contributed by atoms with van der Waals surface area (Å²) in [6, 6.07) is 2.06.